The molecule has 0 aliphatic carbocycles. The number of nitrogens with one attached hydrogen (secondary N) is 1. The van der Waals surface area contributed by atoms with E-state index in [4.69, 9.17) is 4.74 Å². The zero-order valence-corrected chi connectivity index (χ0v) is 9.48. The molecule has 1 atom stereocenters. The molecule has 0 radical (unpaired) electrons. The van der Waals surface area contributed by atoms with Gasteiger partial charge in [-0.1, -0.05) is 0 Å². The van der Waals surface area contributed by atoms with Crippen molar-refractivity contribution in [3.05, 3.63) is 18.9 Å². The molecule has 1 N–H and O–H groups in total. The van der Waals surface area contributed by atoms with Gasteiger partial charge < -0.3 is 19.1 Å². The fourth-order valence-corrected chi connectivity index (χ4v) is 2.41. The maximum atomic E-state index is 5.37. The van der Waals surface area contributed by atoms with E-state index in [0.29, 0.717) is 0 Å². The average Bonchev–Trinajstić information content (AvgIpc) is 2.73. The summed E-state index contributed by atoms with van der Waals surface area (Å²) in [4.78, 5) is 8.19. The van der Waals surface area contributed by atoms with Crippen molar-refractivity contribution in [1.82, 2.24) is 9.55 Å². The molecule has 5 heteroatoms. The van der Waals surface area contributed by atoms with Crippen molar-refractivity contribution >= 4 is 5.95 Å². The molecule has 16 heavy (non-hydrogen) atoms. The van der Waals surface area contributed by atoms with Crippen LogP contribution in [0.3, 0.4) is 0 Å². The second-order valence-electron chi connectivity index (χ2n) is 4.48. The topological polar surface area (TPSA) is 34.7 Å². The van der Waals surface area contributed by atoms with E-state index in [9.17, 15) is 0 Å². The summed E-state index contributed by atoms with van der Waals surface area (Å²) < 4.78 is 7.70. The molecular weight excluding hydrogens is 204 g/mol. The molecule has 5 nitrogen and oxygen atoms in total. The third kappa shape index (κ3) is 1.70. The summed E-state index contributed by atoms with van der Waals surface area (Å²) in [5.41, 5.74) is 1.30. The fraction of sp³-hybridized carbons (Fsp3) is 0.636. The van der Waals surface area contributed by atoms with Crippen LogP contribution in [0.2, 0.25) is 0 Å². The molecule has 3 heterocycles. The first-order valence-corrected chi connectivity index (χ1v) is 5.88. The highest BCUT2D eigenvalue weighted by Crippen LogP contribution is 2.17. The number of aromatic nitrogens is 2. The maximum Gasteiger partial charge on any atom is 0.206 e. The first-order valence-electron chi connectivity index (χ1n) is 5.88. The molecule has 1 aromatic rings. The smallest absolute Gasteiger partial charge is 0.206 e. The summed E-state index contributed by atoms with van der Waals surface area (Å²) >= 11 is 0. The molecule has 1 aromatic heterocycles. The molecule has 0 bridgehead atoms. The van der Waals surface area contributed by atoms with Crippen molar-refractivity contribution < 1.29 is 9.64 Å². The Kier molecular flexibility index (Phi) is 2.57. The van der Waals surface area contributed by atoms with Crippen LogP contribution in [0.15, 0.2) is 6.20 Å². The number of imidazole rings is 1. The van der Waals surface area contributed by atoms with Crippen molar-refractivity contribution in [2.24, 2.45) is 0 Å². The number of nitrogens with zero attached hydrogens (tertiary/aromatic N) is 3. The fourth-order valence-electron chi connectivity index (χ4n) is 2.41. The molecule has 1 unspecified atom stereocenters. The molecule has 88 valence electrons. The van der Waals surface area contributed by atoms with E-state index in [1.165, 1.54) is 10.6 Å². The van der Waals surface area contributed by atoms with E-state index in [2.05, 4.69) is 21.5 Å². The zero-order chi connectivity index (χ0) is 11.0. The minimum Gasteiger partial charge on any atom is -0.461 e. The molecule has 2 aliphatic rings. The highest BCUT2D eigenvalue weighted by molar-refractivity contribution is 5.34. The Labute approximate surface area is 95.6 Å². The minimum atomic E-state index is 0.814. The van der Waals surface area contributed by atoms with Crippen molar-refractivity contribution in [2.75, 3.05) is 37.7 Å². The van der Waals surface area contributed by atoms with Crippen molar-refractivity contribution in [3.8, 4) is 0 Å². The van der Waals surface area contributed by atoms with Crippen LogP contribution in [0.5, 0.6) is 0 Å². The molecule has 0 amide bonds. The molecule has 0 aromatic carbocycles. The highest BCUT2D eigenvalue weighted by atomic mass is 16.5. The van der Waals surface area contributed by atoms with E-state index in [1.54, 1.807) is 0 Å². The van der Waals surface area contributed by atoms with Gasteiger partial charge in [-0.3, -0.25) is 0 Å². The predicted octanol–water partition coefficient (Wildman–Crippen LogP) is -1.09. The molecule has 3 rings (SSSR count). The van der Waals surface area contributed by atoms with Gasteiger partial charge in [-0.25, -0.2) is 4.98 Å². The second-order valence-corrected chi connectivity index (χ2v) is 4.48. The van der Waals surface area contributed by atoms with Crippen LogP contribution in [0.4, 0.5) is 5.95 Å². The number of quaternary nitrogens is 1. The molecule has 0 saturated carbocycles. The van der Waals surface area contributed by atoms with Crippen molar-refractivity contribution in [2.45, 2.75) is 13.1 Å². The van der Waals surface area contributed by atoms with E-state index >= 15 is 0 Å². The first-order chi connectivity index (χ1) is 7.84. The Hall–Kier alpha value is -1.07. The van der Waals surface area contributed by atoms with Crippen LogP contribution >= 0.6 is 0 Å². The van der Waals surface area contributed by atoms with Gasteiger partial charge in [-0.15, -0.1) is 0 Å². The molecule has 0 spiro atoms. The summed E-state index contributed by atoms with van der Waals surface area (Å²) in [6.07, 6.45) is 2.00. The lowest BCUT2D eigenvalue weighted by Crippen LogP contribution is -3.06. The number of ether oxygens (including phenoxy) is 1. The van der Waals surface area contributed by atoms with Crippen LogP contribution in [0, 0.1) is 7.05 Å². The van der Waals surface area contributed by atoms with Gasteiger partial charge in [-0.2, -0.15) is 7.05 Å². The summed E-state index contributed by atoms with van der Waals surface area (Å²) in [7, 11) is 4.06. The first kappa shape index (κ1) is 10.1. The van der Waals surface area contributed by atoms with Gasteiger partial charge in [0.25, 0.3) is 0 Å². The van der Waals surface area contributed by atoms with Gasteiger partial charge >= 0.3 is 0 Å². The lowest BCUT2D eigenvalue weighted by Gasteiger charge is -2.32. The van der Waals surface area contributed by atoms with Gasteiger partial charge in [0.2, 0.25) is 5.95 Å². The Morgan fingerprint density at radius 3 is 2.94 bits per heavy atom. The van der Waals surface area contributed by atoms with Gasteiger partial charge in [0.05, 0.1) is 44.7 Å². The predicted molar refractivity (Wildman–Crippen MR) is 60.1 cm³/mol. The SMILES string of the molecule is [CH2-][NH+]1CCn2c(cnc2N2CCOCC2)C1. The van der Waals surface area contributed by atoms with Crippen molar-refractivity contribution in [3.63, 3.8) is 0 Å². The summed E-state index contributed by atoms with van der Waals surface area (Å²) in [6.45, 7) is 6.64. The van der Waals surface area contributed by atoms with E-state index < -0.39 is 0 Å². The number of anilines is 1. The zero-order valence-electron chi connectivity index (χ0n) is 9.48. The average molecular weight is 222 g/mol. The second kappa shape index (κ2) is 4.07. The van der Waals surface area contributed by atoms with Gasteiger partial charge in [0, 0.05) is 13.1 Å². The van der Waals surface area contributed by atoms with E-state index in [0.717, 1.165) is 51.9 Å². The van der Waals surface area contributed by atoms with Crippen LogP contribution < -0.4 is 9.80 Å². The van der Waals surface area contributed by atoms with E-state index in [1.807, 2.05) is 6.20 Å². The third-order valence-corrected chi connectivity index (χ3v) is 3.33. The van der Waals surface area contributed by atoms with Crippen LogP contribution in [0.25, 0.3) is 0 Å². The van der Waals surface area contributed by atoms with Gasteiger partial charge in [0.15, 0.2) is 0 Å². The molecular formula is C11H18N4O. The molecule has 1 fully saturated rings. The normalized spacial score (nSPS) is 25.6. The lowest BCUT2D eigenvalue weighted by molar-refractivity contribution is -0.872. The van der Waals surface area contributed by atoms with Gasteiger partial charge in [-0.05, 0) is 0 Å². The number of fused-ring (bicyclic) bond motifs is 1. The molecule has 2 aliphatic heterocycles. The van der Waals surface area contributed by atoms with Gasteiger partial charge in [0.1, 0.15) is 0 Å². The number of hydrogen-bond acceptors (Lipinski definition) is 3. The summed E-state index contributed by atoms with van der Waals surface area (Å²) in [6, 6.07) is 0. The maximum absolute atomic E-state index is 5.37. The van der Waals surface area contributed by atoms with E-state index in [-0.39, 0.29) is 0 Å². The van der Waals surface area contributed by atoms with Crippen LogP contribution in [-0.2, 0) is 17.8 Å². The monoisotopic (exact) mass is 222 g/mol. The highest BCUT2D eigenvalue weighted by Gasteiger charge is 2.22. The number of hydrogen-bond donors (Lipinski definition) is 1. The number of rotatable bonds is 1. The van der Waals surface area contributed by atoms with Crippen LogP contribution in [-0.4, -0.2) is 42.4 Å². The number of morpholine rings is 1. The Morgan fingerprint density at radius 2 is 2.12 bits per heavy atom. The Morgan fingerprint density at radius 1 is 1.31 bits per heavy atom. The standard InChI is InChI=1S/C11H18N4O/c1-13-2-3-15-10(9-13)8-12-11(15)14-4-6-16-7-5-14/h8,13H,1-7,9H2. The third-order valence-electron chi connectivity index (χ3n) is 3.33. The Bertz CT molecular complexity index is 370. The summed E-state index contributed by atoms with van der Waals surface area (Å²) in [5, 5.41) is 0. The largest absolute Gasteiger partial charge is 0.461 e. The summed E-state index contributed by atoms with van der Waals surface area (Å²) in [5.74, 6) is 1.12. The van der Waals surface area contributed by atoms with Crippen LogP contribution in [0.1, 0.15) is 5.69 Å². The Balaban J connectivity index is 1.85. The van der Waals surface area contributed by atoms with Crippen molar-refractivity contribution in [1.29, 1.82) is 0 Å². The quantitative estimate of drug-likeness (QED) is 0.613. The minimum absolute atomic E-state index is 0.814. The molecule has 1 saturated heterocycles. The lowest BCUT2D eigenvalue weighted by atomic mass is 10.3.